The van der Waals surface area contributed by atoms with Gasteiger partial charge in [-0.3, -0.25) is 4.79 Å². The molecule has 1 atom stereocenters. The Morgan fingerprint density at radius 1 is 1.11 bits per heavy atom. The van der Waals surface area contributed by atoms with Crippen LogP contribution in [0.5, 0.6) is 0 Å². The lowest BCUT2D eigenvalue weighted by molar-refractivity contribution is -0.120. The minimum atomic E-state index is -0.231. The van der Waals surface area contributed by atoms with Gasteiger partial charge in [0.25, 0.3) is 5.91 Å². The van der Waals surface area contributed by atoms with E-state index >= 15 is 0 Å². The summed E-state index contributed by atoms with van der Waals surface area (Å²) in [7, 11) is 0. The number of anilines is 1. The molecule has 1 aromatic carbocycles. The molecule has 0 aromatic heterocycles. The Kier molecular flexibility index (Phi) is 3.01. The van der Waals surface area contributed by atoms with Crippen molar-refractivity contribution in [1.82, 2.24) is 4.90 Å². The molecule has 4 nitrogen and oxygen atoms in total. The van der Waals surface area contributed by atoms with E-state index in [0.29, 0.717) is 12.2 Å². The number of amides is 3. The molecule has 0 saturated carbocycles. The molecule has 2 saturated heterocycles. The van der Waals surface area contributed by atoms with Crippen LogP contribution in [0, 0.1) is 3.57 Å². The first-order valence-electron chi connectivity index (χ1n) is 6.08. The molecule has 3 amide bonds. The molecule has 2 fully saturated rings. The van der Waals surface area contributed by atoms with E-state index in [-0.39, 0.29) is 18.0 Å². The van der Waals surface area contributed by atoms with Gasteiger partial charge in [-0.1, -0.05) is 0 Å². The number of halogens is 1. The summed E-state index contributed by atoms with van der Waals surface area (Å²) in [6.45, 7) is 0.704. The molecular formula is C13H13IN2O2. The predicted octanol–water partition coefficient (Wildman–Crippen LogP) is 2.61. The Morgan fingerprint density at radius 2 is 1.83 bits per heavy atom. The van der Waals surface area contributed by atoms with Crippen LogP contribution in [0.15, 0.2) is 24.3 Å². The van der Waals surface area contributed by atoms with Gasteiger partial charge < -0.3 is 4.90 Å². The molecule has 1 aromatic rings. The third-order valence-corrected chi connectivity index (χ3v) is 4.25. The number of urea groups is 1. The molecule has 3 rings (SSSR count). The number of nitrogens with zero attached hydrogens (tertiary/aromatic N) is 2. The first-order valence-corrected chi connectivity index (χ1v) is 7.16. The molecule has 2 aliphatic heterocycles. The second-order valence-electron chi connectivity index (χ2n) is 4.64. The Bertz CT molecular complexity index is 476. The summed E-state index contributed by atoms with van der Waals surface area (Å²) in [4.78, 5) is 27.6. The van der Waals surface area contributed by atoms with Gasteiger partial charge in [0.2, 0.25) is 0 Å². The summed E-state index contributed by atoms with van der Waals surface area (Å²) < 4.78 is 1.09. The van der Waals surface area contributed by atoms with E-state index in [1.54, 1.807) is 4.90 Å². The minimum Gasteiger partial charge on any atom is -0.312 e. The highest BCUT2D eigenvalue weighted by atomic mass is 127. The van der Waals surface area contributed by atoms with Crippen molar-refractivity contribution in [2.45, 2.75) is 25.3 Å². The maximum atomic E-state index is 12.3. The third-order valence-electron chi connectivity index (χ3n) is 3.53. The summed E-state index contributed by atoms with van der Waals surface area (Å²) in [6.07, 6.45) is 2.82. The zero-order valence-electron chi connectivity index (χ0n) is 9.80. The molecule has 18 heavy (non-hydrogen) atoms. The van der Waals surface area contributed by atoms with E-state index in [4.69, 9.17) is 0 Å². The maximum Gasteiger partial charge on any atom is 0.332 e. The Labute approximate surface area is 119 Å². The van der Waals surface area contributed by atoms with Crippen LogP contribution >= 0.6 is 22.6 Å². The van der Waals surface area contributed by atoms with Gasteiger partial charge >= 0.3 is 6.03 Å². The molecule has 0 aliphatic carbocycles. The highest BCUT2D eigenvalue weighted by molar-refractivity contribution is 14.1. The van der Waals surface area contributed by atoms with Crippen LogP contribution in [0.25, 0.3) is 0 Å². The van der Waals surface area contributed by atoms with Crippen LogP contribution in [0.2, 0.25) is 0 Å². The van der Waals surface area contributed by atoms with Crippen molar-refractivity contribution in [3.63, 3.8) is 0 Å². The second kappa shape index (κ2) is 4.53. The third kappa shape index (κ3) is 1.81. The second-order valence-corrected chi connectivity index (χ2v) is 5.88. The topological polar surface area (TPSA) is 40.6 Å². The quantitative estimate of drug-likeness (QED) is 0.573. The molecule has 5 heteroatoms. The van der Waals surface area contributed by atoms with E-state index in [1.807, 2.05) is 24.3 Å². The molecular weight excluding hydrogens is 343 g/mol. The van der Waals surface area contributed by atoms with Crippen LogP contribution in [0.3, 0.4) is 0 Å². The Hall–Kier alpha value is -1.11. The van der Waals surface area contributed by atoms with Crippen LogP contribution < -0.4 is 4.90 Å². The van der Waals surface area contributed by atoms with Gasteiger partial charge in [-0.15, -0.1) is 0 Å². The lowest BCUT2D eigenvalue weighted by atomic mass is 10.0. The van der Waals surface area contributed by atoms with Gasteiger partial charge in [0, 0.05) is 10.1 Å². The number of piperidine rings is 1. The smallest absolute Gasteiger partial charge is 0.312 e. The van der Waals surface area contributed by atoms with Gasteiger partial charge in [0.15, 0.2) is 0 Å². The molecule has 0 N–H and O–H groups in total. The molecule has 0 bridgehead atoms. The standard InChI is InChI=1S/C13H13IN2O2/c14-9-4-6-10(7-5-9)16-12(17)11-3-1-2-8-15(11)13(16)18/h4-7,11H,1-3,8H2. The minimum absolute atomic E-state index is 0.0686. The van der Waals surface area contributed by atoms with Crippen LogP contribution in [-0.2, 0) is 4.79 Å². The van der Waals surface area contributed by atoms with Crippen molar-refractivity contribution in [3.05, 3.63) is 27.8 Å². The molecule has 1 unspecified atom stereocenters. The van der Waals surface area contributed by atoms with Crippen molar-refractivity contribution >= 4 is 40.2 Å². The normalized spacial score (nSPS) is 23.5. The van der Waals surface area contributed by atoms with E-state index in [9.17, 15) is 9.59 Å². The van der Waals surface area contributed by atoms with Crippen molar-refractivity contribution in [3.8, 4) is 0 Å². The van der Waals surface area contributed by atoms with Crippen molar-refractivity contribution < 1.29 is 9.59 Å². The van der Waals surface area contributed by atoms with Gasteiger partial charge in [0.1, 0.15) is 6.04 Å². The number of rotatable bonds is 1. The first-order chi connectivity index (χ1) is 8.68. The summed E-state index contributed by atoms with van der Waals surface area (Å²) in [5, 5.41) is 0. The fourth-order valence-corrected chi connectivity index (χ4v) is 2.98. The van der Waals surface area contributed by atoms with E-state index in [1.165, 1.54) is 4.90 Å². The average molecular weight is 356 g/mol. The zero-order valence-corrected chi connectivity index (χ0v) is 12.0. The first kappa shape index (κ1) is 12.0. The molecule has 2 aliphatic rings. The highest BCUT2D eigenvalue weighted by Gasteiger charge is 2.46. The van der Waals surface area contributed by atoms with Crippen molar-refractivity contribution in [2.24, 2.45) is 0 Å². The van der Waals surface area contributed by atoms with Crippen LogP contribution in [-0.4, -0.2) is 29.4 Å². The Balaban J connectivity index is 1.95. The Morgan fingerprint density at radius 3 is 2.50 bits per heavy atom. The molecule has 2 heterocycles. The highest BCUT2D eigenvalue weighted by Crippen LogP contribution is 2.30. The van der Waals surface area contributed by atoms with Gasteiger partial charge in [-0.2, -0.15) is 0 Å². The van der Waals surface area contributed by atoms with E-state index in [2.05, 4.69) is 22.6 Å². The number of hydrogen-bond acceptors (Lipinski definition) is 2. The van der Waals surface area contributed by atoms with E-state index < -0.39 is 0 Å². The fourth-order valence-electron chi connectivity index (χ4n) is 2.62. The van der Waals surface area contributed by atoms with Gasteiger partial charge in [-0.25, -0.2) is 9.69 Å². The van der Waals surface area contributed by atoms with Crippen LogP contribution in [0.1, 0.15) is 19.3 Å². The zero-order chi connectivity index (χ0) is 12.7. The molecule has 0 radical (unpaired) electrons. The number of carbonyl (C=O) groups is 2. The predicted molar refractivity (Wildman–Crippen MR) is 76.4 cm³/mol. The lowest BCUT2D eigenvalue weighted by Gasteiger charge is -2.25. The number of benzene rings is 1. The van der Waals surface area contributed by atoms with Crippen LogP contribution in [0.4, 0.5) is 10.5 Å². The summed E-state index contributed by atoms with van der Waals surface area (Å²) >= 11 is 2.20. The number of fused-ring (bicyclic) bond motifs is 1. The van der Waals surface area contributed by atoms with Gasteiger partial charge in [0.05, 0.1) is 5.69 Å². The monoisotopic (exact) mass is 356 g/mol. The van der Waals surface area contributed by atoms with Crippen molar-refractivity contribution in [2.75, 3.05) is 11.4 Å². The largest absolute Gasteiger partial charge is 0.332 e. The lowest BCUT2D eigenvalue weighted by Crippen LogP contribution is -2.39. The fraction of sp³-hybridized carbons (Fsp3) is 0.385. The SMILES string of the molecule is O=C1C2CCCCN2C(=O)N1c1ccc(I)cc1. The van der Waals surface area contributed by atoms with Crippen molar-refractivity contribution in [1.29, 1.82) is 0 Å². The number of hydrogen-bond donors (Lipinski definition) is 0. The maximum absolute atomic E-state index is 12.3. The molecule has 94 valence electrons. The number of carbonyl (C=O) groups excluding carboxylic acids is 2. The van der Waals surface area contributed by atoms with Gasteiger partial charge in [-0.05, 0) is 66.1 Å². The summed E-state index contributed by atoms with van der Waals surface area (Å²) in [5.74, 6) is -0.0686. The number of imide groups is 1. The average Bonchev–Trinajstić information content (AvgIpc) is 2.64. The summed E-state index contributed by atoms with van der Waals surface area (Å²) in [6, 6.07) is 7.09. The van der Waals surface area contributed by atoms with E-state index in [0.717, 1.165) is 22.8 Å². The molecule has 0 spiro atoms. The summed E-state index contributed by atoms with van der Waals surface area (Å²) in [5.41, 5.74) is 0.680.